The lowest BCUT2D eigenvalue weighted by atomic mass is 10.0. The van der Waals surface area contributed by atoms with E-state index in [-0.39, 0.29) is 38.6 Å². The first kappa shape index (κ1) is 64.5. The summed E-state index contributed by atoms with van der Waals surface area (Å²) in [5, 5.41) is 0. The topological polar surface area (TPSA) is 134 Å². The minimum absolute atomic E-state index is 0.0567. The monoisotopic (exact) mass is 954 g/mol. The second-order valence-corrected chi connectivity index (χ2v) is 20.6. The van der Waals surface area contributed by atoms with Gasteiger partial charge in [-0.25, -0.2) is 4.57 Å². The van der Waals surface area contributed by atoms with Crippen molar-refractivity contribution in [2.45, 2.75) is 296 Å². The molecule has 0 aromatic heterocycles. The molecule has 10 heteroatoms. The first-order valence-corrected chi connectivity index (χ1v) is 29.8. The minimum Gasteiger partial charge on any atom is -0.462 e. The van der Waals surface area contributed by atoms with Crippen LogP contribution in [-0.2, 0) is 32.7 Å². The van der Waals surface area contributed by atoms with E-state index in [2.05, 4.69) is 38.2 Å². The van der Waals surface area contributed by atoms with Gasteiger partial charge in [0.1, 0.15) is 6.61 Å². The van der Waals surface area contributed by atoms with Crippen LogP contribution in [-0.4, -0.2) is 49.3 Å². The zero-order valence-corrected chi connectivity index (χ0v) is 44.3. The highest BCUT2D eigenvalue weighted by molar-refractivity contribution is 7.47. The van der Waals surface area contributed by atoms with Gasteiger partial charge in [0.05, 0.1) is 13.2 Å². The van der Waals surface area contributed by atoms with Gasteiger partial charge in [0.25, 0.3) is 0 Å². The molecule has 2 atom stereocenters. The van der Waals surface area contributed by atoms with E-state index >= 15 is 0 Å². The lowest BCUT2D eigenvalue weighted by Crippen LogP contribution is -2.29. The van der Waals surface area contributed by atoms with E-state index in [4.69, 9.17) is 24.3 Å². The number of hydrogen-bond acceptors (Lipinski definition) is 8. The number of rotatable bonds is 54. The van der Waals surface area contributed by atoms with Crippen molar-refractivity contribution in [3.8, 4) is 0 Å². The molecule has 0 fully saturated rings. The highest BCUT2D eigenvalue weighted by atomic mass is 31.2. The average Bonchev–Trinajstić information content (AvgIpc) is 3.31. The summed E-state index contributed by atoms with van der Waals surface area (Å²) >= 11 is 0. The largest absolute Gasteiger partial charge is 0.472 e. The quantitative estimate of drug-likeness (QED) is 0.0264. The van der Waals surface area contributed by atoms with Crippen molar-refractivity contribution in [2.24, 2.45) is 5.73 Å². The normalized spacial score (nSPS) is 13.2. The van der Waals surface area contributed by atoms with Crippen molar-refractivity contribution in [3.63, 3.8) is 0 Å². The van der Waals surface area contributed by atoms with E-state index < -0.39 is 26.5 Å². The van der Waals surface area contributed by atoms with Gasteiger partial charge in [0.15, 0.2) is 6.10 Å². The van der Waals surface area contributed by atoms with Gasteiger partial charge in [-0.15, -0.1) is 0 Å². The molecule has 3 N–H and O–H groups in total. The standard InChI is InChI=1S/C56H108NO8P/c1-3-5-7-9-11-13-14-15-16-17-18-19-20-21-22-23-24-25-26-27-28-29-30-31-32-33-34-35-36-37-38-39-40-41-43-45-47-49-56(59)65-54(53-64-66(60,61)63-51-50-57)52-62-55(58)48-46-44-42-12-10-8-6-4-2/h14-15,17-18,54H,3-13,16,19-53,57H2,1-2H3,(H,60,61)/b15-14-,18-17-. The Morgan fingerprint density at radius 1 is 0.455 bits per heavy atom. The fourth-order valence-electron chi connectivity index (χ4n) is 8.37. The molecule has 9 nitrogen and oxygen atoms in total. The van der Waals surface area contributed by atoms with Crippen LogP contribution < -0.4 is 5.73 Å². The molecule has 0 heterocycles. The Morgan fingerprint density at radius 2 is 0.788 bits per heavy atom. The van der Waals surface area contributed by atoms with Gasteiger partial charge in [0.2, 0.25) is 0 Å². The van der Waals surface area contributed by atoms with Crippen molar-refractivity contribution in [1.82, 2.24) is 0 Å². The second-order valence-electron chi connectivity index (χ2n) is 19.2. The van der Waals surface area contributed by atoms with Gasteiger partial charge in [-0.05, 0) is 44.9 Å². The molecular formula is C56H108NO8P. The summed E-state index contributed by atoms with van der Waals surface area (Å²) in [5.41, 5.74) is 5.35. The number of ether oxygens (including phenoxy) is 2. The summed E-state index contributed by atoms with van der Waals surface area (Å²) in [5.74, 6) is -0.818. The highest BCUT2D eigenvalue weighted by Crippen LogP contribution is 2.43. The minimum atomic E-state index is -4.37. The van der Waals surface area contributed by atoms with Crippen LogP contribution in [0, 0.1) is 0 Å². The predicted molar refractivity (Wildman–Crippen MR) is 280 cm³/mol. The van der Waals surface area contributed by atoms with Crippen LogP contribution in [0.3, 0.4) is 0 Å². The van der Waals surface area contributed by atoms with Crippen LogP contribution in [0.4, 0.5) is 0 Å². The third-order valence-electron chi connectivity index (χ3n) is 12.6. The van der Waals surface area contributed by atoms with Crippen molar-refractivity contribution >= 4 is 19.8 Å². The molecule has 0 aromatic rings. The molecule has 0 spiro atoms. The Morgan fingerprint density at radius 3 is 1.15 bits per heavy atom. The molecule has 2 unspecified atom stereocenters. The van der Waals surface area contributed by atoms with Gasteiger partial charge >= 0.3 is 19.8 Å². The molecule has 0 aromatic carbocycles. The van der Waals surface area contributed by atoms with Gasteiger partial charge in [0, 0.05) is 19.4 Å². The molecule has 66 heavy (non-hydrogen) atoms. The lowest BCUT2D eigenvalue weighted by Gasteiger charge is -2.19. The van der Waals surface area contributed by atoms with Crippen molar-refractivity contribution in [3.05, 3.63) is 24.3 Å². The third-order valence-corrected chi connectivity index (χ3v) is 13.6. The van der Waals surface area contributed by atoms with Crippen molar-refractivity contribution in [2.75, 3.05) is 26.4 Å². The van der Waals surface area contributed by atoms with Gasteiger partial charge < -0.3 is 20.1 Å². The molecule has 0 aliphatic heterocycles. The molecule has 0 saturated heterocycles. The first-order chi connectivity index (χ1) is 32.3. The fraction of sp³-hybridized carbons (Fsp3) is 0.893. The average molecular weight is 954 g/mol. The van der Waals surface area contributed by atoms with E-state index in [0.717, 1.165) is 38.5 Å². The van der Waals surface area contributed by atoms with Crippen molar-refractivity contribution < 1.29 is 37.6 Å². The van der Waals surface area contributed by atoms with Crippen LogP contribution in [0.2, 0.25) is 0 Å². The van der Waals surface area contributed by atoms with E-state index in [1.807, 2.05) is 0 Å². The molecule has 0 rings (SSSR count). The van der Waals surface area contributed by atoms with E-state index in [9.17, 15) is 19.0 Å². The van der Waals surface area contributed by atoms with Crippen LogP contribution in [0.25, 0.3) is 0 Å². The van der Waals surface area contributed by atoms with Crippen LogP contribution in [0.5, 0.6) is 0 Å². The molecule has 0 bridgehead atoms. The molecule has 390 valence electrons. The number of esters is 2. The number of allylic oxidation sites excluding steroid dienone is 4. The Hall–Kier alpha value is -1.51. The fourth-order valence-corrected chi connectivity index (χ4v) is 9.14. The third kappa shape index (κ3) is 51.9. The zero-order valence-electron chi connectivity index (χ0n) is 43.5. The van der Waals surface area contributed by atoms with Crippen LogP contribution >= 0.6 is 7.82 Å². The predicted octanol–water partition coefficient (Wildman–Crippen LogP) is 17.5. The number of nitrogens with two attached hydrogens (primary N) is 1. The summed E-state index contributed by atoms with van der Waals surface area (Å²) in [4.78, 5) is 34.8. The van der Waals surface area contributed by atoms with Gasteiger partial charge in [-0.2, -0.15) is 0 Å². The SMILES string of the molecule is CCCCCCC/C=C\C/C=C\CCCCCCCCCCCCCCCCCCCCCCCCCCCC(=O)OC(COC(=O)CCCCCCCCCC)COP(=O)(O)OCCN. The number of phosphoric acid groups is 1. The zero-order chi connectivity index (χ0) is 48.1. The Kier molecular flexibility index (Phi) is 51.6. The number of carbonyl (C=O) groups is 2. The number of carbonyl (C=O) groups excluding carboxylic acids is 2. The summed E-state index contributed by atoms with van der Waals surface area (Å²) in [6.45, 7) is 3.73. The van der Waals surface area contributed by atoms with E-state index in [1.165, 1.54) is 218 Å². The van der Waals surface area contributed by atoms with E-state index in [0.29, 0.717) is 6.42 Å². The summed E-state index contributed by atoms with van der Waals surface area (Å²) in [6.07, 6.45) is 61.4. The molecule has 0 radical (unpaired) electrons. The maximum Gasteiger partial charge on any atom is 0.472 e. The second kappa shape index (κ2) is 52.9. The lowest BCUT2D eigenvalue weighted by molar-refractivity contribution is -0.161. The molecule has 0 aliphatic rings. The Labute approximate surface area is 408 Å². The first-order valence-electron chi connectivity index (χ1n) is 28.3. The van der Waals surface area contributed by atoms with Crippen LogP contribution in [0.1, 0.15) is 290 Å². The maximum atomic E-state index is 12.6. The molecule has 0 aliphatic carbocycles. The number of phosphoric ester groups is 1. The molecule has 0 amide bonds. The summed E-state index contributed by atoms with van der Waals surface area (Å²) in [6, 6.07) is 0. The summed E-state index contributed by atoms with van der Waals surface area (Å²) < 4.78 is 32.8. The van der Waals surface area contributed by atoms with E-state index in [1.54, 1.807) is 0 Å². The maximum absolute atomic E-state index is 12.6. The van der Waals surface area contributed by atoms with Crippen molar-refractivity contribution in [1.29, 1.82) is 0 Å². The van der Waals surface area contributed by atoms with Gasteiger partial charge in [-0.1, -0.05) is 256 Å². The Bertz CT molecular complexity index is 1130. The molecule has 0 saturated carbocycles. The van der Waals surface area contributed by atoms with Crippen LogP contribution in [0.15, 0.2) is 24.3 Å². The summed E-state index contributed by atoms with van der Waals surface area (Å²) in [7, 11) is -4.37. The van der Waals surface area contributed by atoms with Gasteiger partial charge in [-0.3, -0.25) is 18.6 Å². The Balaban J connectivity index is 3.68. The molecular weight excluding hydrogens is 846 g/mol. The number of unbranched alkanes of at least 4 members (excludes halogenated alkanes) is 37. The highest BCUT2D eigenvalue weighted by Gasteiger charge is 2.26. The smallest absolute Gasteiger partial charge is 0.462 e. The number of hydrogen-bond donors (Lipinski definition) is 2.